The first kappa shape index (κ1) is 14.3. The minimum Gasteiger partial charge on any atom is -0.276 e. The average Bonchev–Trinajstić information content (AvgIpc) is 2.38. The molecule has 0 unspecified atom stereocenters. The Bertz CT molecular complexity index is 823. The van der Waals surface area contributed by atoms with Crippen LogP contribution in [0.2, 0.25) is 0 Å². The summed E-state index contributed by atoms with van der Waals surface area (Å²) in [5, 5.41) is 0. The van der Waals surface area contributed by atoms with Gasteiger partial charge in [-0.3, -0.25) is 4.72 Å². The van der Waals surface area contributed by atoms with Gasteiger partial charge in [-0.05, 0) is 18.2 Å². The summed E-state index contributed by atoms with van der Waals surface area (Å²) in [6.07, 6.45) is 3.66. The van der Waals surface area contributed by atoms with E-state index in [0.717, 1.165) is 24.3 Å². The molecule has 0 aliphatic carbocycles. The van der Waals surface area contributed by atoms with E-state index in [9.17, 15) is 20.7 Å². The van der Waals surface area contributed by atoms with Gasteiger partial charge in [-0.15, -0.1) is 3.89 Å². The Balaban J connectivity index is 2.40. The summed E-state index contributed by atoms with van der Waals surface area (Å²) in [6, 6.07) is 3.95. The molecule has 0 radical (unpaired) electrons. The number of nitrogens with one attached hydrogen (secondary N) is 1. The quantitative estimate of drug-likeness (QED) is 0.841. The number of hydrogen-bond donors (Lipinski definition) is 1. The first-order valence-electron chi connectivity index (χ1n) is 5.11. The number of rotatable bonds is 4. The fourth-order valence-electron chi connectivity index (χ4n) is 1.36. The maximum atomic E-state index is 12.9. The van der Waals surface area contributed by atoms with Crippen molar-refractivity contribution in [1.29, 1.82) is 0 Å². The molecular weight excluding hydrogens is 309 g/mol. The molecule has 2 aromatic rings. The van der Waals surface area contributed by atoms with Gasteiger partial charge in [-0.25, -0.2) is 18.4 Å². The van der Waals surface area contributed by atoms with Crippen LogP contribution in [0.4, 0.5) is 9.57 Å². The Morgan fingerprint density at radius 3 is 2.20 bits per heavy atom. The number of aromatic nitrogens is 2. The highest BCUT2D eigenvalue weighted by atomic mass is 32.3. The van der Waals surface area contributed by atoms with E-state index < -0.39 is 25.1 Å². The summed E-state index contributed by atoms with van der Waals surface area (Å²) in [5.41, 5.74) is 0.0982. The van der Waals surface area contributed by atoms with E-state index in [1.54, 1.807) is 0 Å². The van der Waals surface area contributed by atoms with Crippen LogP contribution >= 0.6 is 0 Å². The Morgan fingerprint density at radius 2 is 1.60 bits per heavy atom. The fraction of sp³-hybridized carbons (Fsp3) is 0. The van der Waals surface area contributed by atoms with E-state index >= 15 is 0 Å². The van der Waals surface area contributed by atoms with Crippen LogP contribution in [-0.4, -0.2) is 26.8 Å². The van der Waals surface area contributed by atoms with E-state index in [1.807, 2.05) is 0 Å². The van der Waals surface area contributed by atoms with Crippen molar-refractivity contribution in [3.8, 4) is 0 Å². The maximum Gasteiger partial charge on any atom is 0.332 e. The zero-order valence-corrected chi connectivity index (χ0v) is 11.4. The van der Waals surface area contributed by atoms with Crippen LogP contribution in [0.25, 0.3) is 0 Å². The molecule has 0 bridgehead atoms. The summed E-state index contributed by atoms with van der Waals surface area (Å²) < 4.78 is 60.5. The molecule has 0 atom stereocenters. The van der Waals surface area contributed by atoms with E-state index in [-0.39, 0.29) is 10.6 Å². The summed E-state index contributed by atoms with van der Waals surface area (Å²) >= 11 is 0. The molecule has 20 heavy (non-hydrogen) atoms. The normalized spacial score (nSPS) is 12.1. The molecule has 10 heteroatoms. The van der Waals surface area contributed by atoms with Gasteiger partial charge in [0.25, 0.3) is 10.0 Å². The lowest BCUT2D eigenvalue weighted by Crippen LogP contribution is -2.13. The summed E-state index contributed by atoms with van der Waals surface area (Å²) in [5.74, 6) is 0. The second kappa shape index (κ2) is 5.13. The molecule has 0 amide bonds. The van der Waals surface area contributed by atoms with Crippen LogP contribution in [0.3, 0.4) is 0 Å². The first-order chi connectivity index (χ1) is 9.29. The van der Waals surface area contributed by atoms with Gasteiger partial charge >= 0.3 is 10.2 Å². The monoisotopic (exact) mass is 317 g/mol. The third-order valence-electron chi connectivity index (χ3n) is 2.21. The third-order valence-corrected chi connectivity index (χ3v) is 4.41. The van der Waals surface area contributed by atoms with Crippen LogP contribution in [-0.2, 0) is 20.2 Å². The van der Waals surface area contributed by atoms with E-state index in [0.29, 0.717) is 0 Å². The number of sulfonamides is 1. The summed E-state index contributed by atoms with van der Waals surface area (Å²) in [7, 11) is -9.03. The van der Waals surface area contributed by atoms with Crippen LogP contribution in [0.5, 0.6) is 0 Å². The molecule has 1 aromatic carbocycles. The van der Waals surface area contributed by atoms with Gasteiger partial charge in [-0.1, -0.05) is 6.07 Å². The molecule has 1 heterocycles. The van der Waals surface area contributed by atoms with Gasteiger partial charge in [0, 0.05) is 0 Å². The number of halogens is 1. The topological polar surface area (TPSA) is 106 Å². The predicted molar refractivity (Wildman–Crippen MR) is 67.6 cm³/mol. The van der Waals surface area contributed by atoms with Crippen molar-refractivity contribution in [3.63, 3.8) is 0 Å². The van der Waals surface area contributed by atoms with Crippen LogP contribution in [0, 0.1) is 0 Å². The van der Waals surface area contributed by atoms with Crippen LogP contribution in [0.15, 0.2) is 52.8 Å². The van der Waals surface area contributed by atoms with Crippen molar-refractivity contribution in [2.75, 3.05) is 4.72 Å². The Morgan fingerprint density at radius 1 is 1.00 bits per heavy atom. The highest BCUT2D eigenvalue weighted by Crippen LogP contribution is 2.19. The predicted octanol–water partition coefficient (Wildman–Crippen LogP) is 0.936. The molecule has 106 valence electrons. The third kappa shape index (κ3) is 3.27. The highest BCUT2D eigenvalue weighted by molar-refractivity contribution is 7.92. The van der Waals surface area contributed by atoms with Crippen molar-refractivity contribution >= 4 is 25.9 Å². The van der Waals surface area contributed by atoms with Crippen molar-refractivity contribution in [3.05, 3.63) is 43.0 Å². The largest absolute Gasteiger partial charge is 0.332 e. The van der Waals surface area contributed by atoms with Gasteiger partial charge in [0.05, 0.1) is 27.9 Å². The molecule has 1 N–H and O–H groups in total. The fourth-order valence-corrected chi connectivity index (χ4v) is 3.02. The van der Waals surface area contributed by atoms with Crippen LogP contribution < -0.4 is 4.72 Å². The maximum absolute atomic E-state index is 12.9. The van der Waals surface area contributed by atoms with Crippen molar-refractivity contribution in [2.24, 2.45) is 0 Å². The SMILES string of the molecule is O=S(=O)(F)c1cccc(S(=O)(=O)Nc2cncnc2)c1. The second-order valence-corrected chi connectivity index (χ2v) is 6.67. The van der Waals surface area contributed by atoms with Gasteiger partial charge in [-0.2, -0.15) is 8.42 Å². The highest BCUT2D eigenvalue weighted by Gasteiger charge is 2.19. The molecular formula is C10H8FN3O4S2. The minimum atomic E-state index is -4.98. The molecule has 2 rings (SSSR count). The minimum absolute atomic E-state index is 0.0982. The van der Waals surface area contributed by atoms with E-state index in [2.05, 4.69) is 14.7 Å². The smallest absolute Gasteiger partial charge is 0.276 e. The molecule has 0 aliphatic rings. The van der Waals surface area contributed by atoms with Crippen molar-refractivity contribution in [1.82, 2.24) is 9.97 Å². The van der Waals surface area contributed by atoms with Crippen molar-refractivity contribution in [2.45, 2.75) is 9.79 Å². The molecule has 7 nitrogen and oxygen atoms in total. The Hall–Kier alpha value is -2.07. The molecule has 0 fully saturated rings. The van der Waals surface area contributed by atoms with Gasteiger partial charge < -0.3 is 0 Å². The summed E-state index contributed by atoms with van der Waals surface area (Å²) in [6.45, 7) is 0. The van der Waals surface area contributed by atoms with Crippen LogP contribution in [0.1, 0.15) is 0 Å². The Kier molecular flexibility index (Phi) is 3.68. The van der Waals surface area contributed by atoms with Gasteiger partial charge in [0.2, 0.25) is 0 Å². The molecule has 1 aromatic heterocycles. The average molecular weight is 317 g/mol. The van der Waals surface area contributed by atoms with E-state index in [4.69, 9.17) is 0 Å². The number of hydrogen-bond acceptors (Lipinski definition) is 6. The number of benzene rings is 1. The first-order valence-corrected chi connectivity index (χ1v) is 7.98. The molecule has 0 spiro atoms. The van der Waals surface area contributed by atoms with Gasteiger partial charge in [0.1, 0.15) is 6.33 Å². The molecule has 0 aliphatic heterocycles. The second-order valence-electron chi connectivity index (χ2n) is 3.65. The standard InChI is InChI=1S/C10H8FN3O4S2/c11-19(15,16)9-2-1-3-10(4-9)20(17,18)14-8-5-12-7-13-6-8/h1-7,14H. The van der Waals surface area contributed by atoms with E-state index in [1.165, 1.54) is 18.7 Å². The lowest BCUT2D eigenvalue weighted by atomic mass is 10.4. The molecule has 0 saturated heterocycles. The summed E-state index contributed by atoms with van der Waals surface area (Å²) in [4.78, 5) is 6.13. The van der Waals surface area contributed by atoms with Gasteiger partial charge in [0.15, 0.2) is 0 Å². The van der Waals surface area contributed by atoms with Crippen molar-refractivity contribution < 1.29 is 20.7 Å². The molecule has 0 saturated carbocycles. The zero-order valence-electron chi connectivity index (χ0n) is 9.76. The lowest BCUT2D eigenvalue weighted by molar-refractivity contribution is 0.552. The zero-order chi connectivity index (χ0) is 14.8. The lowest BCUT2D eigenvalue weighted by Gasteiger charge is -2.07. The number of anilines is 1. The number of nitrogens with zero attached hydrogens (tertiary/aromatic N) is 2. The Labute approximate surface area is 114 Å².